The molecule has 2 aromatic rings. The second-order valence-corrected chi connectivity index (χ2v) is 14.6. The number of carbonyl (C=O) groups is 1. The summed E-state index contributed by atoms with van der Waals surface area (Å²) in [5.74, 6) is 4.65. The summed E-state index contributed by atoms with van der Waals surface area (Å²) in [6.07, 6.45) is 0. The molecule has 3 nitrogen and oxygen atoms in total. The van der Waals surface area contributed by atoms with Crippen molar-refractivity contribution in [3.8, 4) is 0 Å². The predicted octanol–water partition coefficient (Wildman–Crippen LogP) is 1.22. The standard InChI is InChI=1S/C15H16GeN2O/c1-16(2)13-7-9(17)3-5-11(13)15(19)12-6-4-10(18)8-14(12)16/h3-8H,17-18H2,1-2H3. The van der Waals surface area contributed by atoms with Gasteiger partial charge in [-0.05, 0) is 0 Å². The normalized spacial score (nSPS) is 15.8. The number of hydrogen-bond acceptors (Lipinski definition) is 3. The van der Waals surface area contributed by atoms with Gasteiger partial charge < -0.3 is 0 Å². The topological polar surface area (TPSA) is 69.1 Å². The monoisotopic (exact) mass is 314 g/mol. The summed E-state index contributed by atoms with van der Waals surface area (Å²) in [6, 6.07) is 11.3. The van der Waals surface area contributed by atoms with Crippen molar-refractivity contribution >= 4 is 39.2 Å². The molecule has 1 heterocycles. The van der Waals surface area contributed by atoms with E-state index in [0.717, 1.165) is 31.3 Å². The molecule has 0 unspecified atom stereocenters. The van der Waals surface area contributed by atoms with Crippen LogP contribution in [0.5, 0.6) is 0 Å². The van der Waals surface area contributed by atoms with Crippen molar-refractivity contribution in [2.45, 2.75) is 11.5 Å². The molecule has 0 amide bonds. The van der Waals surface area contributed by atoms with Gasteiger partial charge in [0.2, 0.25) is 0 Å². The Morgan fingerprint density at radius 3 is 1.68 bits per heavy atom. The minimum absolute atomic E-state index is 0.0925. The Morgan fingerprint density at radius 1 is 0.842 bits per heavy atom. The van der Waals surface area contributed by atoms with E-state index in [9.17, 15) is 4.79 Å². The summed E-state index contributed by atoms with van der Waals surface area (Å²) >= 11 is -2.49. The van der Waals surface area contributed by atoms with Crippen molar-refractivity contribution < 1.29 is 4.79 Å². The Hall–Kier alpha value is -1.75. The molecule has 0 fully saturated rings. The van der Waals surface area contributed by atoms with Crippen molar-refractivity contribution in [1.29, 1.82) is 0 Å². The summed E-state index contributed by atoms with van der Waals surface area (Å²) in [5, 5.41) is 0. The van der Waals surface area contributed by atoms with Crippen LogP contribution in [0.1, 0.15) is 15.9 Å². The minimum atomic E-state index is -2.49. The van der Waals surface area contributed by atoms with E-state index in [1.54, 1.807) is 12.1 Å². The van der Waals surface area contributed by atoms with Crippen LogP contribution in [0.15, 0.2) is 36.4 Å². The van der Waals surface area contributed by atoms with E-state index in [1.807, 2.05) is 24.3 Å². The molecule has 0 atom stereocenters. The molecule has 96 valence electrons. The van der Waals surface area contributed by atoms with Crippen LogP contribution in [-0.2, 0) is 0 Å². The van der Waals surface area contributed by atoms with Gasteiger partial charge in [-0.1, -0.05) is 0 Å². The fraction of sp³-hybridized carbons (Fsp3) is 0.133. The van der Waals surface area contributed by atoms with Crippen LogP contribution in [0.4, 0.5) is 11.4 Å². The zero-order valence-corrected chi connectivity index (χ0v) is 13.1. The number of hydrogen-bond donors (Lipinski definition) is 2. The van der Waals surface area contributed by atoms with Gasteiger partial charge in [-0.25, -0.2) is 0 Å². The molecule has 4 heteroatoms. The van der Waals surface area contributed by atoms with Crippen LogP contribution in [-0.4, -0.2) is 19.0 Å². The SMILES string of the molecule is [CH3][Ge]1([CH3])[c]2cc(N)ccc2C(=O)c2ccc(N)c[c]21. The summed E-state index contributed by atoms with van der Waals surface area (Å²) in [4.78, 5) is 12.6. The Bertz CT molecular complexity index is 650. The molecule has 4 N–H and O–H groups in total. The van der Waals surface area contributed by atoms with Crippen LogP contribution in [0.25, 0.3) is 0 Å². The van der Waals surface area contributed by atoms with Gasteiger partial charge in [-0.3, -0.25) is 0 Å². The Balaban J connectivity index is 2.36. The zero-order valence-electron chi connectivity index (χ0n) is 11.0. The van der Waals surface area contributed by atoms with Crippen molar-refractivity contribution in [3.05, 3.63) is 47.5 Å². The van der Waals surface area contributed by atoms with Crippen LogP contribution >= 0.6 is 0 Å². The molecule has 0 saturated heterocycles. The molecule has 0 aromatic heterocycles. The van der Waals surface area contributed by atoms with Crippen LogP contribution < -0.4 is 20.3 Å². The number of fused-ring (bicyclic) bond motifs is 2. The first kappa shape index (κ1) is 12.3. The van der Waals surface area contributed by atoms with E-state index >= 15 is 0 Å². The fourth-order valence-corrected chi connectivity index (χ4v) is 9.32. The van der Waals surface area contributed by atoms with Crippen molar-refractivity contribution in [3.63, 3.8) is 0 Å². The average molecular weight is 313 g/mol. The molecule has 0 saturated carbocycles. The molecule has 1 aliphatic rings. The van der Waals surface area contributed by atoms with E-state index < -0.39 is 13.3 Å². The Labute approximate surface area is 115 Å². The first-order valence-corrected chi connectivity index (χ1v) is 12.6. The predicted molar refractivity (Wildman–Crippen MR) is 81.9 cm³/mol. The van der Waals surface area contributed by atoms with E-state index in [2.05, 4.69) is 11.5 Å². The van der Waals surface area contributed by atoms with Gasteiger partial charge in [-0.15, -0.1) is 0 Å². The first-order chi connectivity index (χ1) is 8.91. The van der Waals surface area contributed by atoms with Gasteiger partial charge >= 0.3 is 115 Å². The van der Waals surface area contributed by atoms with Gasteiger partial charge in [0.05, 0.1) is 0 Å². The third kappa shape index (κ3) is 1.69. The molecular formula is C15H16GeN2O. The van der Waals surface area contributed by atoms with Gasteiger partial charge in [0.1, 0.15) is 0 Å². The Kier molecular flexibility index (Phi) is 2.51. The maximum atomic E-state index is 12.6. The summed E-state index contributed by atoms with van der Waals surface area (Å²) in [7, 11) is 0. The Morgan fingerprint density at radius 2 is 1.26 bits per heavy atom. The number of rotatable bonds is 0. The molecule has 1 aliphatic heterocycles. The number of carbonyl (C=O) groups excluding carboxylic acids is 1. The van der Waals surface area contributed by atoms with Gasteiger partial charge in [0.25, 0.3) is 0 Å². The number of anilines is 2. The molecule has 19 heavy (non-hydrogen) atoms. The summed E-state index contributed by atoms with van der Waals surface area (Å²) in [6.45, 7) is 0. The van der Waals surface area contributed by atoms with Crippen molar-refractivity contribution in [1.82, 2.24) is 0 Å². The van der Waals surface area contributed by atoms with E-state index in [1.165, 1.54) is 0 Å². The first-order valence-electron chi connectivity index (χ1n) is 6.26. The zero-order chi connectivity index (χ0) is 13.8. The van der Waals surface area contributed by atoms with E-state index in [0.29, 0.717) is 0 Å². The van der Waals surface area contributed by atoms with Crippen LogP contribution in [0.2, 0.25) is 11.5 Å². The number of benzene rings is 2. The van der Waals surface area contributed by atoms with Crippen molar-refractivity contribution in [2.75, 3.05) is 11.5 Å². The molecule has 0 bridgehead atoms. The number of ketones is 1. The molecule has 0 radical (unpaired) electrons. The third-order valence-corrected chi connectivity index (χ3v) is 11.3. The maximum absolute atomic E-state index is 12.6. The van der Waals surface area contributed by atoms with Gasteiger partial charge in [-0.2, -0.15) is 0 Å². The summed E-state index contributed by atoms with van der Waals surface area (Å²) in [5.41, 5.74) is 14.9. The molecule has 0 spiro atoms. The van der Waals surface area contributed by atoms with Gasteiger partial charge in [0, 0.05) is 0 Å². The van der Waals surface area contributed by atoms with Gasteiger partial charge in [0.15, 0.2) is 0 Å². The van der Waals surface area contributed by atoms with Crippen LogP contribution in [0, 0.1) is 0 Å². The van der Waals surface area contributed by atoms with Crippen molar-refractivity contribution in [2.24, 2.45) is 0 Å². The number of nitrogens with two attached hydrogens (primary N) is 2. The van der Waals surface area contributed by atoms with E-state index in [4.69, 9.17) is 11.5 Å². The second kappa shape index (κ2) is 3.87. The van der Waals surface area contributed by atoms with E-state index in [-0.39, 0.29) is 5.78 Å². The molecule has 3 rings (SSSR count). The molecule has 0 aliphatic carbocycles. The molecular weight excluding hydrogens is 297 g/mol. The quantitative estimate of drug-likeness (QED) is 0.567. The summed E-state index contributed by atoms with van der Waals surface area (Å²) < 4.78 is 2.31. The second-order valence-electron chi connectivity index (χ2n) is 5.56. The molecule has 2 aromatic carbocycles. The third-order valence-electron chi connectivity index (χ3n) is 3.92. The fourth-order valence-electron chi connectivity index (χ4n) is 2.84. The average Bonchev–Trinajstić information content (AvgIpc) is 2.36. The van der Waals surface area contributed by atoms with Crippen LogP contribution in [0.3, 0.4) is 0 Å². The number of nitrogen functional groups attached to an aromatic ring is 2.